The van der Waals surface area contributed by atoms with Crippen molar-refractivity contribution in [3.8, 4) is 0 Å². The highest BCUT2D eigenvalue weighted by Crippen LogP contribution is 2.27. The summed E-state index contributed by atoms with van der Waals surface area (Å²) in [4.78, 5) is 26.3. The van der Waals surface area contributed by atoms with E-state index < -0.39 is 0 Å². The maximum atomic E-state index is 12.7. The van der Waals surface area contributed by atoms with Gasteiger partial charge in [-0.3, -0.25) is 9.69 Å². The van der Waals surface area contributed by atoms with Crippen molar-refractivity contribution >= 4 is 16.9 Å². The molecule has 0 bridgehead atoms. The average molecular weight is 310 g/mol. The van der Waals surface area contributed by atoms with Gasteiger partial charge in [0.15, 0.2) is 0 Å². The third-order valence-corrected chi connectivity index (χ3v) is 4.99. The molecule has 0 unspecified atom stereocenters. The first-order chi connectivity index (χ1) is 11.1. The van der Waals surface area contributed by atoms with Crippen LogP contribution >= 0.6 is 0 Å². The molecule has 1 saturated heterocycles. The zero-order chi connectivity index (χ0) is 16.0. The molecule has 23 heavy (non-hydrogen) atoms. The van der Waals surface area contributed by atoms with Crippen molar-refractivity contribution < 1.29 is 4.79 Å². The van der Waals surface area contributed by atoms with Crippen molar-refractivity contribution in [1.29, 1.82) is 0 Å². The molecule has 1 aromatic carbocycles. The fourth-order valence-electron chi connectivity index (χ4n) is 3.28. The minimum atomic E-state index is 0.113. The van der Waals surface area contributed by atoms with Gasteiger partial charge < -0.3 is 4.90 Å². The van der Waals surface area contributed by atoms with E-state index in [2.05, 4.69) is 14.9 Å². The Kier molecular flexibility index (Phi) is 3.53. The molecule has 0 N–H and O–H groups in total. The number of hydrogen-bond acceptors (Lipinski definition) is 4. The van der Waals surface area contributed by atoms with Crippen molar-refractivity contribution in [1.82, 2.24) is 19.8 Å². The number of carbonyl (C=O) groups excluding carboxylic acids is 1. The Hall–Kier alpha value is -2.01. The van der Waals surface area contributed by atoms with Crippen LogP contribution in [0, 0.1) is 13.8 Å². The molecule has 4 rings (SSSR count). The highest BCUT2D eigenvalue weighted by Gasteiger charge is 2.32. The summed E-state index contributed by atoms with van der Waals surface area (Å²) >= 11 is 0. The second-order valence-corrected chi connectivity index (χ2v) is 6.66. The Morgan fingerprint density at radius 1 is 1.00 bits per heavy atom. The van der Waals surface area contributed by atoms with Crippen LogP contribution in [0.15, 0.2) is 18.2 Å². The Morgan fingerprint density at radius 3 is 2.30 bits per heavy atom. The van der Waals surface area contributed by atoms with Gasteiger partial charge in [0.05, 0.1) is 22.4 Å². The first-order valence-electron chi connectivity index (χ1n) is 8.40. The van der Waals surface area contributed by atoms with Gasteiger partial charge >= 0.3 is 0 Å². The molecule has 1 aliphatic carbocycles. The maximum absolute atomic E-state index is 12.7. The number of fused-ring (bicyclic) bond motifs is 1. The largest absolute Gasteiger partial charge is 0.336 e. The third kappa shape index (κ3) is 2.81. The quantitative estimate of drug-likeness (QED) is 0.853. The number of rotatable bonds is 2. The summed E-state index contributed by atoms with van der Waals surface area (Å²) in [5, 5.41) is 0. The van der Waals surface area contributed by atoms with Crippen LogP contribution in [0.4, 0.5) is 0 Å². The molecule has 5 heteroatoms. The SMILES string of the molecule is Cc1nc2ccc(C(=O)N3CCN(C4CC4)CC3)cc2nc1C. The minimum Gasteiger partial charge on any atom is -0.336 e. The molecule has 0 atom stereocenters. The van der Waals surface area contributed by atoms with Crippen LogP contribution in [0.1, 0.15) is 34.6 Å². The molecule has 1 amide bonds. The molecular weight excluding hydrogens is 288 g/mol. The van der Waals surface area contributed by atoms with E-state index in [1.165, 1.54) is 12.8 Å². The van der Waals surface area contributed by atoms with Crippen molar-refractivity contribution in [2.75, 3.05) is 26.2 Å². The molecule has 1 aliphatic heterocycles. The Bertz CT molecular complexity index is 761. The summed E-state index contributed by atoms with van der Waals surface area (Å²) in [5.74, 6) is 0.113. The number of nitrogens with zero attached hydrogens (tertiary/aromatic N) is 4. The number of hydrogen-bond donors (Lipinski definition) is 0. The summed E-state index contributed by atoms with van der Waals surface area (Å²) in [6, 6.07) is 6.45. The van der Waals surface area contributed by atoms with E-state index in [0.29, 0.717) is 0 Å². The summed E-state index contributed by atoms with van der Waals surface area (Å²) in [6.45, 7) is 7.57. The van der Waals surface area contributed by atoms with Gasteiger partial charge in [-0.25, -0.2) is 9.97 Å². The van der Waals surface area contributed by atoms with Crippen molar-refractivity contribution in [2.24, 2.45) is 0 Å². The second-order valence-electron chi connectivity index (χ2n) is 6.66. The lowest BCUT2D eigenvalue weighted by molar-refractivity contribution is 0.0627. The summed E-state index contributed by atoms with van der Waals surface area (Å²) in [6.07, 6.45) is 2.66. The number of piperazine rings is 1. The molecule has 2 aromatic rings. The normalized spacial score (nSPS) is 19.3. The molecule has 2 aliphatic rings. The predicted molar refractivity (Wildman–Crippen MR) is 89.5 cm³/mol. The zero-order valence-electron chi connectivity index (χ0n) is 13.7. The predicted octanol–water partition coefficient (Wildman–Crippen LogP) is 2.17. The molecule has 1 aromatic heterocycles. The van der Waals surface area contributed by atoms with Gasteiger partial charge in [0.1, 0.15) is 0 Å². The molecule has 120 valence electrons. The second kappa shape index (κ2) is 5.57. The van der Waals surface area contributed by atoms with Crippen LogP contribution in [0.3, 0.4) is 0 Å². The molecule has 0 spiro atoms. The van der Waals surface area contributed by atoms with E-state index >= 15 is 0 Å². The van der Waals surface area contributed by atoms with Gasteiger partial charge in [-0.05, 0) is 44.9 Å². The highest BCUT2D eigenvalue weighted by molar-refractivity contribution is 5.97. The van der Waals surface area contributed by atoms with E-state index in [0.717, 1.165) is 60.2 Å². The van der Waals surface area contributed by atoms with Gasteiger partial charge in [-0.1, -0.05) is 0 Å². The summed E-state index contributed by atoms with van der Waals surface area (Å²) < 4.78 is 0. The van der Waals surface area contributed by atoms with E-state index in [9.17, 15) is 4.79 Å². The molecule has 1 saturated carbocycles. The van der Waals surface area contributed by atoms with E-state index in [4.69, 9.17) is 0 Å². The van der Waals surface area contributed by atoms with Crippen LogP contribution in [0.2, 0.25) is 0 Å². The lowest BCUT2D eigenvalue weighted by atomic mass is 10.1. The number of benzene rings is 1. The summed E-state index contributed by atoms with van der Waals surface area (Å²) in [5.41, 5.74) is 4.22. The van der Waals surface area contributed by atoms with Crippen LogP contribution in [-0.4, -0.2) is 57.9 Å². The highest BCUT2D eigenvalue weighted by atomic mass is 16.2. The molecule has 0 radical (unpaired) electrons. The van der Waals surface area contributed by atoms with E-state index in [1.807, 2.05) is 36.9 Å². The summed E-state index contributed by atoms with van der Waals surface area (Å²) in [7, 11) is 0. The molecule has 2 fully saturated rings. The fourth-order valence-corrected chi connectivity index (χ4v) is 3.28. The first-order valence-corrected chi connectivity index (χ1v) is 8.40. The van der Waals surface area contributed by atoms with Crippen LogP contribution < -0.4 is 0 Å². The standard InChI is InChI=1S/C18H22N4O/c1-12-13(2)20-17-11-14(3-6-16(17)19-12)18(23)22-9-7-21(8-10-22)15-4-5-15/h3,6,11,15H,4-5,7-10H2,1-2H3. The van der Waals surface area contributed by atoms with Crippen molar-refractivity contribution in [2.45, 2.75) is 32.7 Å². The molecule has 5 nitrogen and oxygen atoms in total. The Balaban J connectivity index is 1.53. The van der Waals surface area contributed by atoms with Crippen LogP contribution in [0.5, 0.6) is 0 Å². The van der Waals surface area contributed by atoms with Gasteiger partial charge in [-0.2, -0.15) is 0 Å². The van der Waals surface area contributed by atoms with Crippen molar-refractivity contribution in [3.05, 3.63) is 35.2 Å². The smallest absolute Gasteiger partial charge is 0.254 e. The van der Waals surface area contributed by atoms with Crippen LogP contribution in [-0.2, 0) is 0 Å². The van der Waals surface area contributed by atoms with E-state index in [-0.39, 0.29) is 5.91 Å². The first kappa shape index (κ1) is 14.6. The third-order valence-electron chi connectivity index (χ3n) is 4.99. The molecular formula is C18H22N4O. The lowest BCUT2D eigenvalue weighted by Crippen LogP contribution is -2.49. The van der Waals surface area contributed by atoms with E-state index in [1.54, 1.807) is 0 Å². The Morgan fingerprint density at radius 2 is 1.65 bits per heavy atom. The number of amides is 1. The molecule has 2 heterocycles. The average Bonchev–Trinajstić information content (AvgIpc) is 3.40. The fraction of sp³-hybridized carbons (Fsp3) is 0.500. The number of aryl methyl sites for hydroxylation is 2. The monoisotopic (exact) mass is 310 g/mol. The van der Waals surface area contributed by atoms with Crippen LogP contribution in [0.25, 0.3) is 11.0 Å². The zero-order valence-corrected chi connectivity index (χ0v) is 13.7. The lowest BCUT2D eigenvalue weighted by Gasteiger charge is -2.34. The number of aromatic nitrogens is 2. The maximum Gasteiger partial charge on any atom is 0.254 e. The minimum absolute atomic E-state index is 0.113. The van der Waals surface area contributed by atoms with Gasteiger partial charge in [-0.15, -0.1) is 0 Å². The van der Waals surface area contributed by atoms with Gasteiger partial charge in [0, 0.05) is 37.8 Å². The van der Waals surface area contributed by atoms with Crippen molar-refractivity contribution in [3.63, 3.8) is 0 Å². The van der Waals surface area contributed by atoms with Gasteiger partial charge in [0.25, 0.3) is 5.91 Å². The topological polar surface area (TPSA) is 49.3 Å². The van der Waals surface area contributed by atoms with Gasteiger partial charge in [0.2, 0.25) is 0 Å². The number of carbonyl (C=O) groups is 1. The Labute approximate surface area is 136 Å².